The third-order valence-electron chi connectivity index (χ3n) is 2.55. The Labute approximate surface area is 113 Å². The average molecular weight is 310 g/mol. The van der Waals surface area contributed by atoms with Gasteiger partial charge >= 0.3 is 6.36 Å². The summed E-state index contributed by atoms with van der Waals surface area (Å²) in [7, 11) is -3.74. The smallest absolute Gasteiger partial charge is 0.406 e. The zero-order valence-corrected chi connectivity index (χ0v) is 10.9. The van der Waals surface area contributed by atoms with Crippen molar-refractivity contribution in [1.82, 2.24) is 4.31 Å². The lowest BCUT2D eigenvalue weighted by Gasteiger charge is -2.25. The van der Waals surface area contributed by atoms with Gasteiger partial charge in [-0.05, 0) is 24.3 Å². The van der Waals surface area contributed by atoms with Crippen LogP contribution in [0.25, 0.3) is 0 Å². The summed E-state index contributed by atoms with van der Waals surface area (Å²) in [6.07, 6.45) is -4.81. The molecule has 1 aliphatic heterocycles. The van der Waals surface area contributed by atoms with Gasteiger partial charge in [0.1, 0.15) is 5.75 Å². The summed E-state index contributed by atoms with van der Waals surface area (Å²) in [5.74, 6) is -0.468. The highest BCUT2D eigenvalue weighted by Gasteiger charge is 2.31. The Kier molecular flexibility index (Phi) is 4.21. The van der Waals surface area contributed by atoms with Crippen molar-refractivity contribution in [1.29, 1.82) is 0 Å². The van der Waals surface area contributed by atoms with E-state index in [9.17, 15) is 21.6 Å². The second-order valence-electron chi connectivity index (χ2n) is 3.92. The quantitative estimate of drug-likeness (QED) is 0.854. The molecule has 1 radical (unpaired) electrons. The van der Waals surface area contributed by atoms with E-state index in [0.717, 1.165) is 24.3 Å². The molecule has 0 N–H and O–H groups in total. The Morgan fingerprint density at radius 1 is 1.20 bits per heavy atom. The third kappa shape index (κ3) is 3.62. The van der Waals surface area contributed by atoms with Crippen molar-refractivity contribution in [3.05, 3.63) is 30.9 Å². The van der Waals surface area contributed by atoms with Crippen LogP contribution in [0.5, 0.6) is 5.75 Å². The highest BCUT2D eigenvalue weighted by Crippen LogP contribution is 2.25. The van der Waals surface area contributed by atoms with Gasteiger partial charge in [-0.3, -0.25) is 0 Å². The Morgan fingerprint density at radius 2 is 1.85 bits per heavy atom. The number of nitrogens with zero attached hydrogens (tertiary/aromatic N) is 1. The Balaban J connectivity index is 2.16. The average Bonchev–Trinajstić information content (AvgIpc) is 2.38. The number of halogens is 3. The summed E-state index contributed by atoms with van der Waals surface area (Å²) >= 11 is 0. The first-order valence-corrected chi connectivity index (χ1v) is 7.02. The first-order chi connectivity index (χ1) is 9.29. The lowest BCUT2D eigenvalue weighted by molar-refractivity contribution is -0.274. The van der Waals surface area contributed by atoms with Gasteiger partial charge in [-0.1, -0.05) is 0 Å². The van der Waals surface area contributed by atoms with Gasteiger partial charge in [0.05, 0.1) is 18.1 Å². The van der Waals surface area contributed by atoms with Gasteiger partial charge < -0.3 is 9.47 Å². The van der Waals surface area contributed by atoms with Gasteiger partial charge in [0.15, 0.2) is 0 Å². The van der Waals surface area contributed by atoms with E-state index in [1.807, 2.05) is 0 Å². The molecule has 1 fully saturated rings. The predicted octanol–water partition coefficient (Wildman–Crippen LogP) is 1.77. The molecule has 1 aromatic rings. The van der Waals surface area contributed by atoms with Crippen molar-refractivity contribution in [2.75, 3.05) is 19.7 Å². The second-order valence-corrected chi connectivity index (χ2v) is 5.86. The largest absolute Gasteiger partial charge is 0.573 e. The first kappa shape index (κ1) is 15.1. The first-order valence-electron chi connectivity index (χ1n) is 5.58. The fraction of sp³-hybridized carbons (Fsp3) is 0.364. The maximum Gasteiger partial charge on any atom is 0.573 e. The number of ether oxygens (including phenoxy) is 2. The molecule has 0 saturated carbocycles. The summed E-state index contributed by atoms with van der Waals surface area (Å²) in [6.45, 7) is 1.90. The van der Waals surface area contributed by atoms with E-state index in [-0.39, 0.29) is 24.6 Å². The number of morpholine rings is 1. The minimum Gasteiger partial charge on any atom is -0.406 e. The van der Waals surface area contributed by atoms with Gasteiger partial charge in [-0.25, -0.2) is 8.42 Å². The number of hydrogen-bond acceptors (Lipinski definition) is 4. The molecule has 1 aromatic carbocycles. The number of benzene rings is 1. The minimum absolute atomic E-state index is 0.0951. The Hall–Kier alpha value is -1.32. The van der Waals surface area contributed by atoms with E-state index in [1.165, 1.54) is 10.9 Å². The van der Waals surface area contributed by atoms with E-state index >= 15 is 0 Å². The van der Waals surface area contributed by atoms with Crippen LogP contribution in [0, 0.1) is 6.61 Å². The molecule has 0 atom stereocenters. The predicted molar refractivity (Wildman–Crippen MR) is 62.1 cm³/mol. The van der Waals surface area contributed by atoms with Crippen LogP contribution in [0.3, 0.4) is 0 Å². The summed E-state index contributed by atoms with van der Waals surface area (Å²) in [6, 6.07) is 4.08. The molecular weight excluding hydrogens is 299 g/mol. The van der Waals surface area contributed by atoms with Crippen LogP contribution < -0.4 is 4.74 Å². The monoisotopic (exact) mass is 310 g/mol. The zero-order chi connectivity index (χ0) is 14.8. The van der Waals surface area contributed by atoms with Crippen molar-refractivity contribution in [3.8, 4) is 5.75 Å². The van der Waals surface area contributed by atoms with Crippen molar-refractivity contribution in [2.24, 2.45) is 0 Å². The maximum atomic E-state index is 12.2. The van der Waals surface area contributed by atoms with Gasteiger partial charge in [0.25, 0.3) is 0 Å². The van der Waals surface area contributed by atoms with Gasteiger partial charge in [-0.2, -0.15) is 4.31 Å². The van der Waals surface area contributed by atoms with E-state index in [0.29, 0.717) is 0 Å². The Bertz CT molecular complexity index is 550. The highest BCUT2D eigenvalue weighted by atomic mass is 32.2. The molecule has 0 bridgehead atoms. The molecule has 5 nitrogen and oxygen atoms in total. The van der Waals surface area contributed by atoms with E-state index in [2.05, 4.69) is 4.74 Å². The van der Waals surface area contributed by atoms with Crippen LogP contribution in [-0.4, -0.2) is 38.8 Å². The molecule has 0 aliphatic carbocycles. The molecule has 9 heteroatoms. The third-order valence-corrected chi connectivity index (χ3v) is 4.43. The molecule has 0 spiro atoms. The Morgan fingerprint density at radius 3 is 2.35 bits per heavy atom. The zero-order valence-electron chi connectivity index (χ0n) is 10.1. The van der Waals surface area contributed by atoms with Crippen molar-refractivity contribution >= 4 is 10.0 Å². The standard InChI is InChI=1S/C11H11F3NO4S/c12-11(13,14)19-9-1-3-10(4-2-9)20(16,17)15-5-7-18-8-6-15/h1-4,7H,5-6,8H2. The van der Waals surface area contributed by atoms with Crippen LogP contribution in [-0.2, 0) is 14.8 Å². The van der Waals surface area contributed by atoms with Gasteiger partial charge in [0, 0.05) is 13.1 Å². The van der Waals surface area contributed by atoms with E-state index in [4.69, 9.17) is 4.74 Å². The molecule has 0 amide bonds. The van der Waals surface area contributed by atoms with Crippen LogP contribution in [0.4, 0.5) is 13.2 Å². The van der Waals surface area contributed by atoms with Crippen molar-refractivity contribution < 1.29 is 31.1 Å². The van der Waals surface area contributed by atoms with Gasteiger partial charge in [0.2, 0.25) is 10.0 Å². The molecule has 111 valence electrons. The van der Waals surface area contributed by atoms with Crippen LogP contribution >= 0.6 is 0 Å². The topological polar surface area (TPSA) is 55.8 Å². The molecule has 0 unspecified atom stereocenters. The van der Waals surface area contributed by atoms with Crippen LogP contribution in [0.2, 0.25) is 0 Å². The molecule has 0 aromatic heterocycles. The van der Waals surface area contributed by atoms with Crippen LogP contribution in [0.1, 0.15) is 0 Å². The van der Waals surface area contributed by atoms with Crippen LogP contribution in [0.15, 0.2) is 29.2 Å². The SMILES string of the molecule is O=S(=O)(c1ccc(OC(F)(F)F)cc1)N1C[CH]OCC1. The molecular formula is C11H11F3NO4S. The summed E-state index contributed by atoms with van der Waals surface area (Å²) in [4.78, 5) is -0.0951. The lowest BCUT2D eigenvalue weighted by atomic mass is 10.3. The lowest BCUT2D eigenvalue weighted by Crippen LogP contribution is -2.38. The minimum atomic E-state index is -4.81. The van der Waals surface area contributed by atoms with Crippen molar-refractivity contribution in [2.45, 2.75) is 11.3 Å². The number of alkyl halides is 3. The molecule has 1 heterocycles. The normalized spacial score (nSPS) is 17.9. The van der Waals surface area contributed by atoms with E-state index < -0.39 is 22.1 Å². The number of sulfonamides is 1. The second kappa shape index (κ2) is 5.58. The summed E-state index contributed by atoms with van der Waals surface area (Å²) in [5.41, 5.74) is 0. The molecule has 1 aliphatic rings. The summed E-state index contributed by atoms with van der Waals surface area (Å²) in [5, 5.41) is 0. The van der Waals surface area contributed by atoms with E-state index in [1.54, 1.807) is 0 Å². The maximum absolute atomic E-state index is 12.2. The van der Waals surface area contributed by atoms with Gasteiger partial charge in [-0.15, -0.1) is 13.2 Å². The fourth-order valence-electron chi connectivity index (χ4n) is 1.65. The fourth-order valence-corrected chi connectivity index (χ4v) is 3.00. The van der Waals surface area contributed by atoms with Crippen molar-refractivity contribution in [3.63, 3.8) is 0 Å². The number of rotatable bonds is 3. The molecule has 1 saturated heterocycles. The summed E-state index contributed by atoms with van der Waals surface area (Å²) < 4.78 is 70.1. The number of hydrogen-bond donors (Lipinski definition) is 0. The molecule has 20 heavy (non-hydrogen) atoms. The highest BCUT2D eigenvalue weighted by molar-refractivity contribution is 7.89. The molecule has 2 rings (SSSR count).